The average molecular weight is 200 g/mol. The van der Waals surface area contributed by atoms with Crippen LogP contribution in [0.15, 0.2) is 18.2 Å². The van der Waals surface area contributed by atoms with E-state index in [1.54, 1.807) is 13.0 Å². The van der Waals surface area contributed by atoms with Gasteiger partial charge in [-0.3, -0.25) is 0 Å². The molecule has 0 fully saturated rings. The SMILES string of the molecule is CC(O)COc1ccc(CO)cc1F. The van der Waals surface area contributed by atoms with Crippen molar-refractivity contribution in [2.75, 3.05) is 6.61 Å². The van der Waals surface area contributed by atoms with Crippen LogP contribution in [0.2, 0.25) is 0 Å². The number of hydrogen-bond donors (Lipinski definition) is 2. The topological polar surface area (TPSA) is 49.7 Å². The van der Waals surface area contributed by atoms with Crippen molar-refractivity contribution < 1.29 is 19.3 Å². The van der Waals surface area contributed by atoms with Crippen LogP contribution in [0.4, 0.5) is 4.39 Å². The quantitative estimate of drug-likeness (QED) is 0.764. The van der Waals surface area contributed by atoms with E-state index in [0.29, 0.717) is 5.56 Å². The highest BCUT2D eigenvalue weighted by Crippen LogP contribution is 2.18. The Morgan fingerprint density at radius 1 is 1.50 bits per heavy atom. The van der Waals surface area contributed by atoms with Gasteiger partial charge < -0.3 is 14.9 Å². The van der Waals surface area contributed by atoms with Crippen LogP contribution in [0.5, 0.6) is 5.75 Å². The van der Waals surface area contributed by atoms with Crippen molar-refractivity contribution in [2.45, 2.75) is 19.6 Å². The summed E-state index contributed by atoms with van der Waals surface area (Å²) in [4.78, 5) is 0. The van der Waals surface area contributed by atoms with Gasteiger partial charge in [0.05, 0.1) is 12.7 Å². The van der Waals surface area contributed by atoms with E-state index in [0.717, 1.165) is 0 Å². The zero-order valence-corrected chi connectivity index (χ0v) is 7.90. The van der Waals surface area contributed by atoms with Crippen molar-refractivity contribution in [3.05, 3.63) is 29.6 Å². The number of benzene rings is 1. The van der Waals surface area contributed by atoms with Crippen LogP contribution in [0.3, 0.4) is 0 Å². The van der Waals surface area contributed by atoms with E-state index in [-0.39, 0.29) is 19.0 Å². The van der Waals surface area contributed by atoms with Crippen LogP contribution in [-0.4, -0.2) is 22.9 Å². The molecule has 0 saturated heterocycles. The molecule has 1 aromatic rings. The summed E-state index contributed by atoms with van der Waals surface area (Å²) in [6.07, 6.45) is -0.632. The summed E-state index contributed by atoms with van der Waals surface area (Å²) < 4.78 is 18.2. The Labute approximate surface area is 81.8 Å². The predicted octanol–water partition coefficient (Wildman–Crippen LogP) is 1.08. The van der Waals surface area contributed by atoms with E-state index in [9.17, 15) is 4.39 Å². The Kier molecular flexibility index (Phi) is 3.85. The van der Waals surface area contributed by atoms with Crippen LogP contribution < -0.4 is 4.74 Å². The van der Waals surface area contributed by atoms with Gasteiger partial charge in [-0.2, -0.15) is 0 Å². The summed E-state index contributed by atoms with van der Waals surface area (Å²) in [6.45, 7) is 1.41. The maximum absolute atomic E-state index is 13.2. The fourth-order valence-electron chi connectivity index (χ4n) is 0.970. The first-order valence-electron chi connectivity index (χ1n) is 4.33. The van der Waals surface area contributed by atoms with Crippen LogP contribution in [0.25, 0.3) is 0 Å². The zero-order valence-electron chi connectivity index (χ0n) is 7.90. The van der Waals surface area contributed by atoms with E-state index in [1.807, 2.05) is 0 Å². The Bertz CT molecular complexity index is 299. The minimum atomic E-state index is -0.632. The minimum Gasteiger partial charge on any atom is -0.488 e. The molecule has 0 bridgehead atoms. The van der Waals surface area contributed by atoms with Gasteiger partial charge in [0.1, 0.15) is 6.61 Å². The second-order valence-corrected chi connectivity index (χ2v) is 3.08. The molecule has 1 aromatic carbocycles. The lowest BCUT2D eigenvalue weighted by Gasteiger charge is -2.09. The van der Waals surface area contributed by atoms with Gasteiger partial charge in [0, 0.05) is 0 Å². The summed E-state index contributed by atoms with van der Waals surface area (Å²) in [5.41, 5.74) is 0.492. The maximum atomic E-state index is 13.2. The van der Waals surface area contributed by atoms with Crippen LogP contribution in [0, 0.1) is 5.82 Å². The van der Waals surface area contributed by atoms with Gasteiger partial charge in [-0.25, -0.2) is 4.39 Å². The van der Waals surface area contributed by atoms with Gasteiger partial charge in [0.2, 0.25) is 0 Å². The second-order valence-electron chi connectivity index (χ2n) is 3.08. The molecule has 0 heterocycles. The fourth-order valence-corrected chi connectivity index (χ4v) is 0.970. The second kappa shape index (κ2) is 4.93. The lowest BCUT2D eigenvalue weighted by atomic mass is 10.2. The summed E-state index contributed by atoms with van der Waals surface area (Å²) in [5, 5.41) is 17.6. The number of hydrogen-bond acceptors (Lipinski definition) is 3. The van der Waals surface area contributed by atoms with E-state index in [2.05, 4.69) is 0 Å². The minimum absolute atomic E-state index is 0.0510. The molecule has 3 nitrogen and oxygen atoms in total. The molecule has 0 amide bonds. The summed E-state index contributed by atoms with van der Waals surface area (Å²) in [7, 11) is 0. The Balaban J connectivity index is 2.69. The zero-order chi connectivity index (χ0) is 10.6. The lowest BCUT2D eigenvalue weighted by molar-refractivity contribution is 0.120. The van der Waals surface area contributed by atoms with Crippen molar-refractivity contribution in [3.8, 4) is 5.75 Å². The molecule has 0 aromatic heterocycles. The van der Waals surface area contributed by atoms with Gasteiger partial charge in [-0.15, -0.1) is 0 Å². The molecule has 0 aliphatic heterocycles. The van der Waals surface area contributed by atoms with Gasteiger partial charge in [0.25, 0.3) is 0 Å². The lowest BCUT2D eigenvalue weighted by Crippen LogP contribution is -2.13. The number of aliphatic hydroxyl groups is 2. The highest BCUT2D eigenvalue weighted by molar-refractivity contribution is 5.28. The van der Waals surface area contributed by atoms with Crippen molar-refractivity contribution in [3.63, 3.8) is 0 Å². The molecule has 0 spiro atoms. The first-order chi connectivity index (χ1) is 6.63. The van der Waals surface area contributed by atoms with E-state index in [4.69, 9.17) is 14.9 Å². The molecule has 2 N–H and O–H groups in total. The first kappa shape index (κ1) is 10.9. The fraction of sp³-hybridized carbons (Fsp3) is 0.400. The van der Waals surface area contributed by atoms with Crippen molar-refractivity contribution in [2.24, 2.45) is 0 Å². The third kappa shape index (κ3) is 2.97. The van der Waals surface area contributed by atoms with E-state index < -0.39 is 11.9 Å². The van der Waals surface area contributed by atoms with E-state index >= 15 is 0 Å². The largest absolute Gasteiger partial charge is 0.488 e. The molecule has 1 atom stereocenters. The van der Waals surface area contributed by atoms with Crippen molar-refractivity contribution in [1.29, 1.82) is 0 Å². The molecule has 0 saturated carbocycles. The van der Waals surface area contributed by atoms with Crippen molar-refractivity contribution in [1.82, 2.24) is 0 Å². The monoisotopic (exact) mass is 200 g/mol. The van der Waals surface area contributed by atoms with Crippen LogP contribution in [0.1, 0.15) is 12.5 Å². The summed E-state index contributed by atoms with van der Waals surface area (Å²) in [5.74, 6) is -0.444. The average Bonchev–Trinajstić information content (AvgIpc) is 2.15. The van der Waals surface area contributed by atoms with Crippen LogP contribution in [-0.2, 0) is 6.61 Å². The number of aliphatic hydroxyl groups excluding tert-OH is 2. The third-order valence-corrected chi connectivity index (χ3v) is 1.66. The summed E-state index contributed by atoms with van der Waals surface area (Å²) in [6, 6.07) is 4.21. The van der Waals surface area contributed by atoms with E-state index in [1.165, 1.54) is 12.1 Å². The number of halogens is 1. The molecule has 0 aliphatic carbocycles. The molecular weight excluding hydrogens is 187 g/mol. The molecule has 1 unspecified atom stereocenters. The molecule has 0 radical (unpaired) electrons. The molecule has 1 rings (SSSR count). The Hall–Kier alpha value is -1.13. The van der Waals surface area contributed by atoms with Gasteiger partial charge >= 0.3 is 0 Å². The highest BCUT2D eigenvalue weighted by atomic mass is 19.1. The standard InChI is InChI=1S/C10H13FO3/c1-7(13)6-14-10-3-2-8(5-12)4-9(10)11/h2-4,7,12-13H,5-6H2,1H3. The molecule has 4 heteroatoms. The Morgan fingerprint density at radius 3 is 2.71 bits per heavy atom. The molecular formula is C10H13FO3. The first-order valence-corrected chi connectivity index (χ1v) is 4.33. The maximum Gasteiger partial charge on any atom is 0.165 e. The Morgan fingerprint density at radius 2 is 2.21 bits per heavy atom. The molecule has 14 heavy (non-hydrogen) atoms. The number of rotatable bonds is 4. The summed E-state index contributed by atoms with van der Waals surface area (Å²) >= 11 is 0. The van der Waals surface area contributed by atoms with Gasteiger partial charge in [0.15, 0.2) is 11.6 Å². The number of ether oxygens (including phenoxy) is 1. The molecule has 78 valence electrons. The van der Waals surface area contributed by atoms with Gasteiger partial charge in [-0.05, 0) is 24.6 Å². The normalized spacial score (nSPS) is 12.6. The highest BCUT2D eigenvalue weighted by Gasteiger charge is 2.05. The van der Waals surface area contributed by atoms with Crippen LogP contribution >= 0.6 is 0 Å². The third-order valence-electron chi connectivity index (χ3n) is 1.66. The smallest absolute Gasteiger partial charge is 0.165 e. The molecule has 0 aliphatic rings. The van der Waals surface area contributed by atoms with Crippen molar-refractivity contribution >= 4 is 0 Å². The van der Waals surface area contributed by atoms with Gasteiger partial charge in [-0.1, -0.05) is 6.07 Å². The predicted molar refractivity (Wildman–Crippen MR) is 49.5 cm³/mol.